The summed E-state index contributed by atoms with van der Waals surface area (Å²) >= 11 is 5.95. The Morgan fingerprint density at radius 3 is 2.04 bits per heavy atom. The number of benzene rings is 3. The normalized spacial score (nSPS) is 27.8. The molecule has 0 aromatic heterocycles. The Balaban J connectivity index is 1.37. The molecule has 1 saturated carbocycles. The quantitative estimate of drug-likeness (QED) is 0.168. The van der Waals surface area contributed by atoms with E-state index in [4.69, 9.17) is 11.6 Å². The first-order chi connectivity index (χ1) is 23.8. The molecule has 7 rings (SSSR count). The Morgan fingerprint density at radius 1 is 0.784 bits per heavy atom. The van der Waals surface area contributed by atoms with E-state index in [1.807, 2.05) is 0 Å². The van der Waals surface area contributed by atoms with E-state index in [-0.39, 0.29) is 52.8 Å². The molecule has 0 bridgehead atoms. The largest absolute Gasteiger partial charge is 0.505 e. The van der Waals surface area contributed by atoms with E-state index in [9.17, 15) is 59.4 Å². The van der Waals surface area contributed by atoms with Gasteiger partial charge in [-0.25, -0.2) is 18.6 Å². The van der Waals surface area contributed by atoms with Gasteiger partial charge < -0.3 is 5.11 Å². The predicted octanol–water partition coefficient (Wildman–Crippen LogP) is 7.80. The first kappa shape index (κ1) is 34.6. The second-order valence-corrected chi connectivity index (χ2v) is 13.6. The lowest BCUT2D eigenvalue weighted by atomic mass is 9.51. The zero-order valence-electron chi connectivity index (χ0n) is 26.0. The first-order valence-electron chi connectivity index (χ1n) is 15.4. The molecule has 0 radical (unpaired) electrons. The number of fused-ring (bicyclic) bond motifs is 4. The monoisotopic (exact) mass is 738 g/mol. The molecule has 2 saturated heterocycles. The Morgan fingerprint density at radius 2 is 1.43 bits per heavy atom. The summed E-state index contributed by atoms with van der Waals surface area (Å²) in [6, 6.07) is 7.02. The van der Waals surface area contributed by atoms with Crippen LogP contribution >= 0.6 is 11.6 Å². The zero-order chi connectivity index (χ0) is 37.1. The number of para-hydroxylation sites is 1. The highest BCUT2D eigenvalue weighted by Gasteiger charge is 2.68. The van der Waals surface area contributed by atoms with Crippen molar-refractivity contribution in [2.24, 2.45) is 29.1 Å². The number of aromatic hydroxyl groups is 1. The molecule has 6 unspecified atom stereocenters. The molecule has 0 spiro atoms. The van der Waals surface area contributed by atoms with E-state index >= 15 is 0 Å². The van der Waals surface area contributed by atoms with Crippen LogP contribution in [0, 0.1) is 40.7 Å². The highest BCUT2D eigenvalue weighted by atomic mass is 35.5. The third-order valence-corrected chi connectivity index (χ3v) is 10.9. The number of imide groups is 2. The van der Waals surface area contributed by atoms with E-state index in [0.717, 1.165) is 29.2 Å². The molecule has 7 nitrogen and oxygen atoms in total. The van der Waals surface area contributed by atoms with Crippen molar-refractivity contribution in [1.82, 2.24) is 0 Å². The zero-order valence-corrected chi connectivity index (χ0v) is 26.7. The van der Waals surface area contributed by atoms with Crippen LogP contribution in [0.15, 0.2) is 66.2 Å². The molecule has 2 heterocycles. The number of phenols is 1. The maximum Gasteiger partial charge on any atom is 0.416 e. The first-order valence-corrected chi connectivity index (χ1v) is 15.8. The Kier molecular flexibility index (Phi) is 7.72. The fourth-order valence-electron chi connectivity index (χ4n) is 8.32. The van der Waals surface area contributed by atoms with Gasteiger partial charge in [0.2, 0.25) is 23.6 Å². The SMILES string of the molecule is CC12C(=O)N(c3ccc(F)c(Cl)c3)C(=O)C1CC1C(=CCC3C(=O)N(c4cc(C(F)(F)F)cc(C(F)(F)F)c4)C(=O)C31)C2c1cccc(F)c1O. The standard InChI is InChI=1S/C35H23ClF8N2O5/c1-33-22(30(49)46(32(33)51)16-5-8-24(37)23(36)12-16)13-21-18(27(33)20-3-2-4-25(38)28(20)47)6-7-19-26(21)31(50)45(29(19)48)17-10-14(34(39,40)41)9-15(11-17)35(42,43)44/h2-6,8-12,19,21-22,26-27,47H,7,13H2,1H3. The van der Waals surface area contributed by atoms with Crippen LogP contribution in [0.5, 0.6) is 5.75 Å². The van der Waals surface area contributed by atoms with Crippen molar-refractivity contribution in [3.63, 3.8) is 0 Å². The van der Waals surface area contributed by atoms with E-state index in [1.54, 1.807) is 0 Å². The molecule has 4 amide bonds. The van der Waals surface area contributed by atoms with Crippen molar-refractivity contribution < 1.29 is 59.4 Å². The maximum absolute atomic E-state index is 14.9. The second-order valence-electron chi connectivity index (χ2n) is 13.2. The van der Waals surface area contributed by atoms with Gasteiger partial charge in [0.15, 0.2) is 11.6 Å². The van der Waals surface area contributed by atoms with Gasteiger partial charge in [-0.15, -0.1) is 0 Å². The topological polar surface area (TPSA) is 95.0 Å². The number of amides is 4. The minimum absolute atomic E-state index is 0.104. The van der Waals surface area contributed by atoms with Gasteiger partial charge in [0, 0.05) is 11.5 Å². The van der Waals surface area contributed by atoms with Gasteiger partial charge in [-0.3, -0.25) is 19.2 Å². The van der Waals surface area contributed by atoms with Gasteiger partial charge in [-0.1, -0.05) is 35.4 Å². The molecule has 1 N–H and O–H groups in total. The lowest BCUT2D eigenvalue weighted by Gasteiger charge is -2.49. The van der Waals surface area contributed by atoms with Crippen LogP contribution < -0.4 is 9.80 Å². The maximum atomic E-state index is 14.9. The Labute approximate surface area is 288 Å². The minimum atomic E-state index is -5.27. The number of phenolic OH excluding ortho intramolecular Hbond substituents is 1. The van der Waals surface area contributed by atoms with E-state index < -0.39 is 110 Å². The number of allylic oxidation sites excluding steroid dienone is 2. The lowest BCUT2D eigenvalue weighted by Crippen LogP contribution is -2.49. The summed E-state index contributed by atoms with van der Waals surface area (Å²) in [5.74, 6) is -13.1. The van der Waals surface area contributed by atoms with Gasteiger partial charge in [-0.05, 0) is 68.1 Å². The van der Waals surface area contributed by atoms with E-state index in [1.165, 1.54) is 25.1 Å². The van der Waals surface area contributed by atoms with Gasteiger partial charge >= 0.3 is 12.4 Å². The molecule has 4 aliphatic rings. The summed E-state index contributed by atoms with van der Waals surface area (Å²) in [4.78, 5) is 57.5. The predicted molar refractivity (Wildman–Crippen MR) is 163 cm³/mol. The van der Waals surface area contributed by atoms with Crippen LogP contribution in [-0.2, 0) is 31.5 Å². The molecule has 51 heavy (non-hydrogen) atoms. The molecule has 266 valence electrons. The lowest BCUT2D eigenvalue weighted by molar-refractivity contribution is -0.143. The highest BCUT2D eigenvalue weighted by molar-refractivity contribution is 6.32. The fourth-order valence-corrected chi connectivity index (χ4v) is 8.49. The summed E-state index contributed by atoms with van der Waals surface area (Å²) in [5.41, 5.74) is -6.20. The number of hydrogen-bond acceptors (Lipinski definition) is 5. The van der Waals surface area contributed by atoms with E-state index in [2.05, 4.69) is 0 Å². The van der Waals surface area contributed by atoms with Crippen LogP contribution in [0.4, 0.5) is 46.5 Å². The molecule has 16 heteroatoms. The van der Waals surface area contributed by atoms with Gasteiger partial charge in [0.1, 0.15) is 5.82 Å². The Bertz CT molecular complexity index is 2070. The van der Waals surface area contributed by atoms with Gasteiger partial charge in [0.25, 0.3) is 0 Å². The van der Waals surface area contributed by atoms with E-state index in [0.29, 0.717) is 0 Å². The summed E-state index contributed by atoms with van der Waals surface area (Å²) < 4.78 is 111. The molecule has 3 fully saturated rings. The Hall–Kier alpha value is -4.79. The van der Waals surface area contributed by atoms with Crippen molar-refractivity contribution in [2.45, 2.75) is 38.0 Å². The highest BCUT2D eigenvalue weighted by Crippen LogP contribution is 2.64. The number of nitrogens with zero attached hydrogens (tertiary/aromatic N) is 2. The number of carbonyl (C=O) groups excluding carboxylic acids is 4. The average Bonchev–Trinajstić information content (AvgIpc) is 3.42. The van der Waals surface area contributed by atoms with Gasteiger partial charge in [0.05, 0.1) is 50.7 Å². The van der Waals surface area contributed by atoms with Crippen LogP contribution in [0.1, 0.15) is 42.4 Å². The molecule has 3 aromatic carbocycles. The third-order valence-electron chi connectivity index (χ3n) is 10.6. The van der Waals surface area contributed by atoms with Crippen LogP contribution in [0.25, 0.3) is 0 Å². The second kappa shape index (κ2) is 11.4. The average molecular weight is 739 g/mol. The number of halogens is 9. The number of alkyl halides is 6. The minimum Gasteiger partial charge on any atom is -0.505 e. The number of hydrogen-bond donors (Lipinski definition) is 1. The number of anilines is 2. The summed E-state index contributed by atoms with van der Waals surface area (Å²) in [7, 11) is 0. The smallest absolute Gasteiger partial charge is 0.416 e. The fraction of sp³-hybridized carbons (Fsp3) is 0.314. The summed E-state index contributed by atoms with van der Waals surface area (Å²) in [6.07, 6.45) is -9.61. The summed E-state index contributed by atoms with van der Waals surface area (Å²) in [5, 5.41) is 10.5. The molecule has 6 atom stereocenters. The summed E-state index contributed by atoms with van der Waals surface area (Å²) in [6.45, 7) is 1.41. The van der Waals surface area contributed by atoms with Crippen LogP contribution in [0.3, 0.4) is 0 Å². The molecular weight excluding hydrogens is 716 g/mol. The number of rotatable bonds is 3. The van der Waals surface area contributed by atoms with Gasteiger partial charge in [-0.2, -0.15) is 26.3 Å². The molecule has 3 aromatic rings. The molecular formula is C35H23ClF8N2O5. The van der Waals surface area contributed by atoms with Crippen molar-refractivity contribution >= 4 is 46.6 Å². The van der Waals surface area contributed by atoms with Crippen molar-refractivity contribution in [3.05, 3.63) is 99.6 Å². The number of carbonyl (C=O) groups is 4. The van der Waals surface area contributed by atoms with Crippen LogP contribution in [-0.4, -0.2) is 28.7 Å². The van der Waals surface area contributed by atoms with Crippen molar-refractivity contribution in [1.29, 1.82) is 0 Å². The third kappa shape index (κ3) is 5.06. The molecule has 2 aliphatic carbocycles. The van der Waals surface area contributed by atoms with Crippen molar-refractivity contribution in [2.75, 3.05) is 9.80 Å². The van der Waals surface area contributed by atoms with Crippen LogP contribution in [0.2, 0.25) is 5.02 Å². The molecule has 2 aliphatic heterocycles. The van der Waals surface area contributed by atoms with Crippen molar-refractivity contribution in [3.8, 4) is 5.75 Å².